The average molecular weight is 482 g/mol. The summed E-state index contributed by atoms with van der Waals surface area (Å²) in [6, 6.07) is 11.5. The molecule has 10 nitrogen and oxygen atoms in total. The van der Waals surface area contributed by atoms with E-state index in [0.29, 0.717) is 24.8 Å². The van der Waals surface area contributed by atoms with E-state index < -0.39 is 34.4 Å². The first kappa shape index (κ1) is 25.4. The SMILES string of the molecule is CN(C)c1ccc(C2/C(=C(/O)c3ccc([N+](=O)[O-])cc3)C(=O)C(=O)N2CCCCCC(=O)O)cc1. The third-order valence-corrected chi connectivity index (χ3v) is 5.91. The number of benzene rings is 2. The number of nitro benzene ring substituents is 1. The number of hydrogen-bond acceptors (Lipinski definition) is 7. The van der Waals surface area contributed by atoms with Crippen LogP contribution in [0.3, 0.4) is 0 Å². The first-order valence-electron chi connectivity index (χ1n) is 11.1. The molecule has 184 valence electrons. The van der Waals surface area contributed by atoms with E-state index in [9.17, 15) is 29.6 Å². The van der Waals surface area contributed by atoms with Gasteiger partial charge in [-0.05, 0) is 42.7 Å². The number of anilines is 1. The number of hydrogen-bond donors (Lipinski definition) is 2. The van der Waals surface area contributed by atoms with Crippen LogP contribution in [0.4, 0.5) is 11.4 Å². The smallest absolute Gasteiger partial charge is 0.303 e. The number of likely N-dealkylation sites (tertiary alicyclic amines) is 1. The Hall–Kier alpha value is -4.21. The van der Waals surface area contributed by atoms with E-state index in [0.717, 1.165) is 5.69 Å². The van der Waals surface area contributed by atoms with Crippen molar-refractivity contribution in [2.75, 3.05) is 25.5 Å². The number of unbranched alkanes of at least 4 members (excludes halogenated alkanes) is 2. The third-order valence-electron chi connectivity index (χ3n) is 5.91. The van der Waals surface area contributed by atoms with Crippen LogP contribution in [-0.2, 0) is 14.4 Å². The summed E-state index contributed by atoms with van der Waals surface area (Å²) in [5.74, 6) is -2.90. The highest BCUT2D eigenvalue weighted by Gasteiger charge is 2.45. The van der Waals surface area contributed by atoms with Gasteiger partial charge in [-0.2, -0.15) is 0 Å². The summed E-state index contributed by atoms with van der Waals surface area (Å²) in [5, 5.41) is 30.8. The van der Waals surface area contributed by atoms with E-state index in [1.807, 2.05) is 31.1 Å². The average Bonchev–Trinajstić information content (AvgIpc) is 3.08. The second kappa shape index (κ2) is 10.8. The van der Waals surface area contributed by atoms with Crippen LogP contribution in [-0.4, -0.2) is 58.3 Å². The van der Waals surface area contributed by atoms with E-state index >= 15 is 0 Å². The number of carboxylic acid groups (broad SMARTS) is 1. The van der Waals surface area contributed by atoms with Crippen molar-refractivity contribution in [2.24, 2.45) is 0 Å². The number of Topliss-reactive ketones (excluding diaryl/α,β-unsaturated/α-hetero) is 1. The van der Waals surface area contributed by atoms with Gasteiger partial charge in [0.2, 0.25) is 0 Å². The Kier molecular flexibility index (Phi) is 7.85. The Morgan fingerprint density at radius 3 is 2.17 bits per heavy atom. The van der Waals surface area contributed by atoms with E-state index in [4.69, 9.17) is 5.11 Å². The number of ketones is 1. The van der Waals surface area contributed by atoms with Crippen molar-refractivity contribution in [2.45, 2.75) is 31.7 Å². The number of aliphatic hydroxyl groups excluding tert-OH is 1. The molecule has 35 heavy (non-hydrogen) atoms. The van der Waals surface area contributed by atoms with Crippen LogP contribution in [0.25, 0.3) is 5.76 Å². The van der Waals surface area contributed by atoms with Crippen molar-refractivity contribution < 1.29 is 29.5 Å². The largest absolute Gasteiger partial charge is 0.507 e. The second-order valence-corrected chi connectivity index (χ2v) is 8.49. The van der Waals surface area contributed by atoms with Gasteiger partial charge in [-0.3, -0.25) is 24.5 Å². The fourth-order valence-electron chi connectivity index (χ4n) is 4.04. The first-order chi connectivity index (χ1) is 16.6. The lowest BCUT2D eigenvalue weighted by atomic mass is 9.95. The Balaban J connectivity index is 2.00. The number of aliphatic carboxylic acids is 1. The number of amides is 1. The molecule has 2 aromatic carbocycles. The number of nitrogens with zero attached hydrogens (tertiary/aromatic N) is 3. The minimum absolute atomic E-state index is 0.0222. The van der Waals surface area contributed by atoms with Crippen LogP contribution >= 0.6 is 0 Å². The van der Waals surface area contributed by atoms with Gasteiger partial charge >= 0.3 is 5.97 Å². The maximum absolute atomic E-state index is 13.0. The van der Waals surface area contributed by atoms with Gasteiger partial charge in [0.05, 0.1) is 16.5 Å². The molecule has 1 saturated heterocycles. The molecule has 1 atom stereocenters. The molecule has 0 bridgehead atoms. The molecule has 1 unspecified atom stereocenters. The van der Waals surface area contributed by atoms with Crippen LogP contribution in [0.2, 0.25) is 0 Å². The molecule has 0 radical (unpaired) electrons. The molecule has 1 heterocycles. The zero-order valence-corrected chi connectivity index (χ0v) is 19.5. The van der Waals surface area contributed by atoms with Gasteiger partial charge in [0.1, 0.15) is 5.76 Å². The predicted molar refractivity (Wildman–Crippen MR) is 129 cm³/mol. The van der Waals surface area contributed by atoms with E-state index in [1.54, 1.807) is 12.1 Å². The number of nitro groups is 1. The molecular formula is C25H27N3O7. The number of aliphatic hydroxyl groups is 1. The summed E-state index contributed by atoms with van der Waals surface area (Å²) in [4.78, 5) is 50.4. The molecule has 0 aliphatic carbocycles. The number of carbonyl (C=O) groups is 3. The molecule has 2 aromatic rings. The number of non-ortho nitro benzene ring substituents is 1. The van der Waals surface area contributed by atoms with Gasteiger partial charge in [0, 0.05) is 50.4 Å². The zero-order valence-electron chi connectivity index (χ0n) is 19.5. The highest BCUT2D eigenvalue weighted by molar-refractivity contribution is 6.46. The molecule has 0 saturated carbocycles. The molecule has 10 heteroatoms. The van der Waals surface area contributed by atoms with Crippen LogP contribution in [0, 0.1) is 10.1 Å². The minimum atomic E-state index is -0.894. The summed E-state index contributed by atoms with van der Waals surface area (Å²) < 4.78 is 0. The summed E-state index contributed by atoms with van der Waals surface area (Å²) in [6.45, 7) is 0.210. The van der Waals surface area contributed by atoms with E-state index in [2.05, 4.69) is 0 Å². The number of carbonyl (C=O) groups excluding carboxylic acids is 2. The van der Waals surface area contributed by atoms with Gasteiger partial charge in [0.25, 0.3) is 17.4 Å². The standard InChI is InChI=1S/C25H27N3O7/c1-26(2)18-11-7-16(8-12-18)22-21(23(31)17-9-13-19(14-10-17)28(34)35)24(32)25(33)27(22)15-5-3-4-6-20(29)30/h7-14,22,31H,3-6,15H2,1-2H3,(H,29,30)/b23-21-. The van der Waals surface area contributed by atoms with Crippen molar-refractivity contribution in [1.29, 1.82) is 0 Å². The van der Waals surface area contributed by atoms with Crippen LogP contribution < -0.4 is 4.90 Å². The molecule has 0 spiro atoms. The molecule has 2 N–H and O–H groups in total. The molecule has 1 fully saturated rings. The lowest BCUT2D eigenvalue weighted by Crippen LogP contribution is -2.30. The van der Waals surface area contributed by atoms with Crippen molar-refractivity contribution in [3.8, 4) is 0 Å². The zero-order chi connectivity index (χ0) is 25.7. The second-order valence-electron chi connectivity index (χ2n) is 8.49. The van der Waals surface area contributed by atoms with Gasteiger partial charge in [0.15, 0.2) is 0 Å². The molecular weight excluding hydrogens is 454 g/mol. The van der Waals surface area contributed by atoms with Crippen LogP contribution in [0.1, 0.15) is 42.9 Å². The highest BCUT2D eigenvalue weighted by atomic mass is 16.6. The van der Waals surface area contributed by atoms with Crippen molar-refractivity contribution in [1.82, 2.24) is 4.90 Å². The third kappa shape index (κ3) is 5.65. The Labute approximate surface area is 202 Å². The van der Waals surface area contributed by atoms with E-state index in [1.165, 1.54) is 29.2 Å². The minimum Gasteiger partial charge on any atom is -0.507 e. The maximum Gasteiger partial charge on any atom is 0.303 e. The highest BCUT2D eigenvalue weighted by Crippen LogP contribution is 2.40. The first-order valence-corrected chi connectivity index (χ1v) is 11.1. The maximum atomic E-state index is 13.0. The fourth-order valence-corrected chi connectivity index (χ4v) is 4.04. The van der Waals surface area contributed by atoms with Crippen LogP contribution in [0.5, 0.6) is 0 Å². The molecule has 0 aromatic heterocycles. The van der Waals surface area contributed by atoms with Crippen LogP contribution in [0.15, 0.2) is 54.1 Å². The van der Waals surface area contributed by atoms with Gasteiger partial charge in [-0.25, -0.2) is 0 Å². The monoisotopic (exact) mass is 481 g/mol. The predicted octanol–water partition coefficient (Wildman–Crippen LogP) is 3.73. The van der Waals surface area contributed by atoms with Gasteiger partial charge in [-0.15, -0.1) is 0 Å². The summed E-state index contributed by atoms with van der Waals surface area (Å²) >= 11 is 0. The summed E-state index contributed by atoms with van der Waals surface area (Å²) in [5.41, 5.74) is 1.47. The normalized spacial score (nSPS) is 17.0. The quantitative estimate of drug-likeness (QED) is 0.131. The topological polar surface area (TPSA) is 141 Å². The van der Waals surface area contributed by atoms with Crippen molar-refractivity contribution >= 4 is 34.8 Å². The van der Waals surface area contributed by atoms with E-state index in [-0.39, 0.29) is 29.8 Å². The van der Waals surface area contributed by atoms with Crippen molar-refractivity contribution in [3.05, 3.63) is 75.3 Å². The lowest BCUT2D eigenvalue weighted by molar-refractivity contribution is -0.384. The summed E-state index contributed by atoms with van der Waals surface area (Å²) in [7, 11) is 3.76. The summed E-state index contributed by atoms with van der Waals surface area (Å²) in [6.07, 6.45) is 1.52. The molecule has 1 aliphatic heterocycles. The Morgan fingerprint density at radius 1 is 1.00 bits per heavy atom. The number of carboxylic acids is 1. The Morgan fingerprint density at radius 2 is 1.63 bits per heavy atom. The fraction of sp³-hybridized carbons (Fsp3) is 0.320. The molecule has 3 rings (SSSR count). The molecule has 1 aliphatic rings. The van der Waals surface area contributed by atoms with Crippen molar-refractivity contribution in [3.63, 3.8) is 0 Å². The lowest BCUT2D eigenvalue weighted by Gasteiger charge is -2.26. The number of rotatable bonds is 10. The van der Waals surface area contributed by atoms with Gasteiger partial charge < -0.3 is 20.0 Å². The molecule has 1 amide bonds. The Bertz CT molecular complexity index is 1150. The van der Waals surface area contributed by atoms with Gasteiger partial charge in [-0.1, -0.05) is 18.6 Å².